The molecule has 0 spiro atoms. The Balaban J connectivity index is 2.47. The molecule has 0 aliphatic heterocycles. The lowest BCUT2D eigenvalue weighted by Gasteiger charge is -2.28. The van der Waals surface area contributed by atoms with E-state index in [0.717, 1.165) is 24.4 Å². The first-order chi connectivity index (χ1) is 9.21. The van der Waals surface area contributed by atoms with Crippen molar-refractivity contribution >= 4 is 11.6 Å². The molecule has 0 bridgehead atoms. The van der Waals surface area contributed by atoms with E-state index in [2.05, 4.69) is 40.9 Å². The maximum atomic E-state index is 5.16. The SMILES string of the molecule is CCC(CC)N(C)c1cc(COC)nc2ncnn12. The highest BCUT2D eigenvalue weighted by Crippen LogP contribution is 2.20. The quantitative estimate of drug-likeness (QED) is 0.796. The van der Waals surface area contributed by atoms with Gasteiger partial charge in [0.2, 0.25) is 0 Å². The van der Waals surface area contributed by atoms with E-state index in [1.807, 2.05) is 6.07 Å². The van der Waals surface area contributed by atoms with Crippen LogP contribution in [0.3, 0.4) is 0 Å². The Hall–Kier alpha value is -1.69. The second-order valence-corrected chi connectivity index (χ2v) is 4.59. The van der Waals surface area contributed by atoms with E-state index in [1.165, 1.54) is 6.33 Å². The molecule has 0 aliphatic rings. The molecule has 0 radical (unpaired) electrons. The van der Waals surface area contributed by atoms with Gasteiger partial charge in [-0.2, -0.15) is 14.6 Å². The first-order valence-electron chi connectivity index (χ1n) is 6.62. The molecule has 0 N–H and O–H groups in total. The van der Waals surface area contributed by atoms with E-state index in [9.17, 15) is 0 Å². The number of hydrogen-bond acceptors (Lipinski definition) is 5. The van der Waals surface area contributed by atoms with Gasteiger partial charge in [0.05, 0.1) is 12.3 Å². The predicted molar refractivity (Wildman–Crippen MR) is 74.3 cm³/mol. The number of aromatic nitrogens is 4. The fraction of sp³-hybridized carbons (Fsp3) is 0.615. The van der Waals surface area contributed by atoms with Crippen molar-refractivity contribution in [1.82, 2.24) is 19.6 Å². The highest BCUT2D eigenvalue weighted by atomic mass is 16.5. The molecule has 6 heteroatoms. The topological polar surface area (TPSA) is 55.5 Å². The third kappa shape index (κ3) is 2.68. The van der Waals surface area contributed by atoms with Crippen molar-refractivity contribution in [3.63, 3.8) is 0 Å². The Morgan fingerprint density at radius 3 is 2.74 bits per heavy atom. The highest BCUT2D eigenvalue weighted by molar-refractivity contribution is 5.47. The van der Waals surface area contributed by atoms with Crippen LogP contribution in [0.25, 0.3) is 5.78 Å². The summed E-state index contributed by atoms with van der Waals surface area (Å²) in [6.45, 7) is 4.87. The Morgan fingerprint density at radius 2 is 2.11 bits per heavy atom. The number of nitrogens with zero attached hydrogens (tertiary/aromatic N) is 5. The lowest BCUT2D eigenvalue weighted by molar-refractivity contribution is 0.181. The molecule has 6 nitrogen and oxygen atoms in total. The second kappa shape index (κ2) is 5.97. The summed E-state index contributed by atoms with van der Waals surface area (Å²) < 4.78 is 6.94. The van der Waals surface area contributed by atoms with Gasteiger partial charge in [0.1, 0.15) is 12.1 Å². The molecular weight excluding hydrogens is 242 g/mol. The van der Waals surface area contributed by atoms with Crippen molar-refractivity contribution in [2.45, 2.75) is 39.3 Å². The van der Waals surface area contributed by atoms with E-state index in [4.69, 9.17) is 4.74 Å². The summed E-state index contributed by atoms with van der Waals surface area (Å²) in [6, 6.07) is 2.49. The minimum absolute atomic E-state index is 0.477. The molecule has 104 valence electrons. The van der Waals surface area contributed by atoms with Gasteiger partial charge in [-0.25, -0.2) is 4.98 Å². The molecular formula is C13H21N5O. The van der Waals surface area contributed by atoms with Crippen LogP contribution in [0, 0.1) is 0 Å². The van der Waals surface area contributed by atoms with E-state index >= 15 is 0 Å². The van der Waals surface area contributed by atoms with E-state index in [-0.39, 0.29) is 0 Å². The van der Waals surface area contributed by atoms with Gasteiger partial charge in [0, 0.05) is 26.3 Å². The van der Waals surface area contributed by atoms with Crippen LogP contribution in [-0.4, -0.2) is 39.8 Å². The van der Waals surface area contributed by atoms with Crippen LogP contribution in [0.4, 0.5) is 5.82 Å². The van der Waals surface area contributed by atoms with Crippen LogP contribution >= 0.6 is 0 Å². The third-order valence-electron chi connectivity index (χ3n) is 3.43. The summed E-state index contributed by atoms with van der Waals surface area (Å²) in [7, 11) is 3.75. The molecule has 0 unspecified atom stereocenters. The maximum Gasteiger partial charge on any atom is 0.254 e. The Kier molecular flexibility index (Phi) is 4.31. The van der Waals surface area contributed by atoms with E-state index < -0.39 is 0 Å². The van der Waals surface area contributed by atoms with Crippen LogP contribution in [0.1, 0.15) is 32.4 Å². The lowest BCUT2D eigenvalue weighted by Crippen LogP contribution is -2.32. The van der Waals surface area contributed by atoms with Crippen molar-refractivity contribution in [3.8, 4) is 0 Å². The van der Waals surface area contributed by atoms with E-state index in [0.29, 0.717) is 18.4 Å². The van der Waals surface area contributed by atoms with Crippen molar-refractivity contribution in [1.29, 1.82) is 0 Å². The number of fused-ring (bicyclic) bond motifs is 1. The van der Waals surface area contributed by atoms with Crippen molar-refractivity contribution in [3.05, 3.63) is 18.1 Å². The zero-order valence-electron chi connectivity index (χ0n) is 12.0. The third-order valence-corrected chi connectivity index (χ3v) is 3.43. The summed E-state index contributed by atoms with van der Waals surface area (Å²) in [5.74, 6) is 1.62. The molecule has 2 rings (SSSR count). The largest absolute Gasteiger partial charge is 0.378 e. The number of anilines is 1. The number of hydrogen-bond donors (Lipinski definition) is 0. The van der Waals surface area contributed by atoms with Gasteiger partial charge >= 0.3 is 0 Å². The molecule has 2 heterocycles. The zero-order valence-corrected chi connectivity index (χ0v) is 12.0. The van der Waals surface area contributed by atoms with Crippen molar-refractivity contribution in [2.24, 2.45) is 0 Å². The monoisotopic (exact) mass is 263 g/mol. The van der Waals surface area contributed by atoms with Gasteiger partial charge in [-0.15, -0.1) is 0 Å². The summed E-state index contributed by atoms with van der Waals surface area (Å²) in [5, 5.41) is 4.25. The molecule has 0 saturated carbocycles. The first-order valence-corrected chi connectivity index (χ1v) is 6.62. The maximum absolute atomic E-state index is 5.16. The van der Waals surface area contributed by atoms with Crippen molar-refractivity contribution < 1.29 is 4.74 Å². The molecule has 0 saturated heterocycles. The molecule has 0 atom stereocenters. The predicted octanol–water partition coefficient (Wildman–Crippen LogP) is 1.90. The summed E-state index contributed by atoms with van der Waals surface area (Å²) >= 11 is 0. The summed E-state index contributed by atoms with van der Waals surface area (Å²) in [5.41, 5.74) is 0.871. The number of ether oxygens (including phenoxy) is 1. The Bertz CT molecular complexity index is 535. The molecule has 0 fully saturated rings. The average Bonchev–Trinajstić information content (AvgIpc) is 2.87. The smallest absolute Gasteiger partial charge is 0.254 e. The second-order valence-electron chi connectivity index (χ2n) is 4.59. The standard InChI is InChI=1S/C13H21N5O/c1-5-11(6-2)17(3)12-7-10(8-19-4)16-13-14-9-15-18(12)13/h7,9,11H,5-6,8H2,1-4H3. The molecule has 0 amide bonds. The van der Waals surface area contributed by atoms with Crippen LogP contribution in [-0.2, 0) is 11.3 Å². The Labute approximate surface area is 113 Å². The fourth-order valence-electron chi connectivity index (χ4n) is 2.34. The fourth-order valence-corrected chi connectivity index (χ4v) is 2.34. The molecule has 19 heavy (non-hydrogen) atoms. The number of rotatable bonds is 6. The minimum atomic E-state index is 0.477. The number of methoxy groups -OCH3 is 1. The summed E-state index contributed by atoms with van der Waals surface area (Å²) in [6.07, 6.45) is 3.71. The van der Waals surface area contributed by atoms with Gasteiger partial charge < -0.3 is 9.64 Å². The normalized spacial score (nSPS) is 11.4. The van der Waals surface area contributed by atoms with Crippen LogP contribution < -0.4 is 4.90 Å². The molecule has 0 aliphatic carbocycles. The summed E-state index contributed by atoms with van der Waals surface area (Å²) in [4.78, 5) is 10.8. The van der Waals surface area contributed by atoms with Crippen LogP contribution in [0.15, 0.2) is 12.4 Å². The lowest BCUT2D eigenvalue weighted by atomic mass is 10.1. The van der Waals surface area contributed by atoms with Gasteiger partial charge in [0.15, 0.2) is 0 Å². The molecule has 2 aromatic heterocycles. The van der Waals surface area contributed by atoms with E-state index in [1.54, 1.807) is 11.6 Å². The molecule has 2 aromatic rings. The van der Waals surface area contributed by atoms with Gasteiger partial charge in [-0.05, 0) is 12.8 Å². The molecule has 0 aromatic carbocycles. The van der Waals surface area contributed by atoms with Gasteiger partial charge in [0.25, 0.3) is 5.78 Å². The average molecular weight is 263 g/mol. The highest BCUT2D eigenvalue weighted by Gasteiger charge is 2.16. The van der Waals surface area contributed by atoms with Crippen LogP contribution in [0.5, 0.6) is 0 Å². The minimum Gasteiger partial charge on any atom is -0.378 e. The first kappa shape index (κ1) is 13.7. The zero-order chi connectivity index (χ0) is 13.8. The van der Waals surface area contributed by atoms with Crippen molar-refractivity contribution in [2.75, 3.05) is 19.1 Å². The van der Waals surface area contributed by atoms with Gasteiger partial charge in [-0.3, -0.25) is 0 Å². The van der Waals surface area contributed by atoms with Crippen LogP contribution in [0.2, 0.25) is 0 Å². The van der Waals surface area contributed by atoms with Gasteiger partial charge in [-0.1, -0.05) is 13.8 Å². The Morgan fingerprint density at radius 1 is 1.37 bits per heavy atom.